The Balaban J connectivity index is 1.86. The highest BCUT2D eigenvalue weighted by atomic mass is 35.5. The van der Waals surface area contributed by atoms with Crippen LogP contribution in [-0.4, -0.2) is 52.2 Å². The van der Waals surface area contributed by atoms with Gasteiger partial charge in [0.25, 0.3) is 11.5 Å². The van der Waals surface area contributed by atoms with E-state index in [2.05, 4.69) is 10.1 Å². The molecule has 0 aliphatic rings. The normalized spacial score (nSPS) is 11.6. The van der Waals surface area contributed by atoms with Gasteiger partial charge in [-0.2, -0.15) is 9.78 Å². The van der Waals surface area contributed by atoms with E-state index in [1.807, 2.05) is 63.8 Å². The summed E-state index contributed by atoms with van der Waals surface area (Å²) in [6.45, 7) is 5.79. The highest BCUT2D eigenvalue weighted by Crippen LogP contribution is 2.31. The van der Waals surface area contributed by atoms with Crippen molar-refractivity contribution in [2.24, 2.45) is 5.41 Å². The average molecular weight is 573 g/mol. The summed E-state index contributed by atoms with van der Waals surface area (Å²) < 4.78 is 3.45. The second kappa shape index (κ2) is 10.8. The molecule has 0 radical (unpaired) electrons. The van der Waals surface area contributed by atoms with Crippen molar-refractivity contribution in [2.45, 2.75) is 33.9 Å². The minimum atomic E-state index is -0.711. The predicted molar refractivity (Wildman–Crippen MR) is 154 cm³/mol. The van der Waals surface area contributed by atoms with E-state index in [4.69, 9.17) is 11.6 Å². The molecule has 9 nitrogen and oxygen atoms in total. The number of nitrogens with zero attached hydrogens (tertiary/aromatic N) is 6. The summed E-state index contributed by atoms with van der Waals surface area (Å²) >= 11 is 8.81. The van der Waals surface area contributed by atoms with Crippen LogP contribution < -0.4 is 15.4 Å². The maximum Gasteiger partial charge on any atom is 0.254 e. The Morgan fingerprint density at radius 3 is 2.42 bits per heavy atom. The van der Waals surface area contributed by atoms with Crippen LogP contribution in [-0.2, 0) is 13.1 Å². The molecule has 4 rings (SSSR count). The van der Waals surface area contributed by atoms with Crippen molar-refractivity contribution in [1.29, 1.82) is 0 Å². The molecule has 0 bridgehead atoms. The fourth-order valence-corrected chi connectivity index (χ4v) is 5.49. The second-order valence-corrected chi connectivity index (χ2v) is 12.8. The minimum absolute atomic E-state index is 0.200. The van der Waals surface area contributed by atoms with Gasteiger partial charge in [0, 0.05) is 60.8 Å². The number of thiophene rings is 1. The maximum atomic E-state index is 13.5. The molecule has 0 saturated heterocycles. The zero-order chi connectivity index (χ0) is 27.8. The lowest BCUT2D eigenvalue weighted by Crippen LogP contribution is -2.31. The molecule has 12 heteroatoms. The first-order valence-corrected chi connectivity index (χ1v) is 13.9. The lowest BCUT2D eigenvalue weighted by atomic mass is 9.96. The van der Waals surface area contributed by atoms with E-state index in [1.165, 1.54) is 38.0 Å². The summed E-state index contributed by atoms with van der Waals surface area (Å²) in [4.78, 5) is 48.5. The monoisotopic (exact) mass is 572 g/mol. The Hall–Kier alpha value is -3.28. The third-order valence-electron chi connectivity index (χ3n) is 5.80. The van der Waals surface area contributed by atoms with Gasteiger partial charge >= 0.3 is 0 Å². The molecule has 4 aromatic heterocycles. The van der Waals surface area contributed by atoms with Crippen LogP contribution in [0.1, 0.15) is 40.2 Å². The van der Waals surface area contributed by atoms with Crippen molar-refractivity contribution >= 4 is 57.5 Å². The molecular weight excluding hydrogens is 544 g/mol. The van der Waals surface area contributed by atoms with Crippen LogP contribution in [0.3, 0.4) is 0 Å². The number of halogens is 1. The Kier molecular flexibility index (Phi) is 7.91. The van der Waals surface area contributed by atoms with E-state index < -0.39 is 5.41 Å². The van der Waals surface area contributed by atoms with Crippen molar-refractivity contribution < 1.29 is 9.59 Å². The SMILES string of the molecule is CN(C)c1cc(-c2cc(N(C)Cc3ccc(Cl)s3)n(C(=O)C(C)(C)C)n2)n(CC(=O)c2nccs2)c(=O)c1. The van der Waals surface area contributed by atoms with Crippen LogP contribution in [0, 0.1) is 5.41 Å². The van der Waals surface area contributed by atoms with Crippen molar-refractivity contribution in [3.63, 3.8) is 0 Å². The summed E-state index contributed by atoms with van der Waals surface area (Å²) in [7, 11) is 5.53. The number of rotatable bonds is 8. The van der Waals surface area contributed by atoms with E-state index in [-0.39, 0.29) is 23.8 Å². The standard InChI is InChI=1S/C26H29ClN6O3S2/c1-26(2,3)25(36)33-22(31(6)14-17-7-8-21(27)38-17)13-18(29-33)19-11-16(30(4)5)12-23(35)32(19)15-20(34)24-28-9-10-37-24/h7-13H,14-15H2,1-6H3. The van der Waals surface area contributed by atoms with Crippen molar-refractivity contribution in [3.05, 3.63) is 66.5 Å². The molecule has 0 fully saturated rings. The smallest absolute Gasteiger partial charge is 0.254 e. The van der Waals surface area contributed by atoms with Gasteiger partial charge in [-0.3, -0.25) is 19.0 Å². The number of Topliss-reactive ketones (excluding diaryl/α,β-unsaturated/α-hetero) is 1. The number of pyridine rings is 1. The molecule has 4 heterocycles. The Morgan fingerprint density at radius 1 is 1.11 bits per heavy atom. The number of hydrogen-bond acceptors (Lipinski definition) is 9. The second-order valence-electron chi connectivity index (χ2n) is 10.1. The molecule has 0 aliphatic carbocycles. The summed E-state index contributed by atoms with van der Waals surface area (Å²) in [5.41, 5.74) is 0.428. The van der Waals surface area contributed by atoms with Crippen LogP contribution >= 0.6 is 34.3 Å². The van der Waals surface area contributed by atoms with E-state index in [9.17, 15) is 14.4 Å². The molecule has 0 saturated carbocycles. The van der Waals surface area contributed by atoms with Gasteiger partial charge in [-0.05, 0) is 18.2 Å². The first kappa shape index (κ1) is 27.7. The average Bonchev–Trinajstić information content (AvgIpc) is 3.60. The van der Waals surface area contributed by atoms with E-state index in [0.717, 1.165) is 4.88 Å². The van der Waals surface area contributed by atoms with Crippen LogP contribution in [0.2, 0.25) is 4.34 Å². The molecule has 0 N–H and O–H groups in total. The van der Waals surface area contributed by atoms with E-state index in [0.29, 0.717) is 38.8 Å². The molecule has 0 aliphatic heterocycles. The molecule has 200 valence electrons. The van der Waals surface area contributed by atoms with Crippen molar-refractivity contribution in [2.75, 3.05) is 30.9 Å². The fourth-order valence-electron chi connectivity index (χ4n) is 3.78. The van der Waals surface area contributed by atoms with E-state index >= 15 is 0 Å². The Morgan fingerprint density at radius 2 is 1.84 bits per heavy atom. The molecule has 0 atom stereocenters. The van der Waals surface area contributed by atoms with Gasteiger partial charge in [-0.25, -0.2) is 4.98 Å². The first-order valence-electron chi connectivity index (χ1n) is 11.8. The van der Waals surface area contributed by atoms with Crippen molar-refractivity contribution in [1.82, 2.24) is 19.3 Å². The largest absolute Gasteiger partial charge is 0.377 e. The van der Waals surface area contributed by atoms with Crippen LogP contribution in [0.15, 0.2) is 46.7 Å². The number of ketones is 1. The lowest BCUT2D eigenvalue weighted by molar-refractivity contribution is 0.0750. The summed E-state index contributed by atoms with van der Waals surface area (Å²) in [5, 5.41) is 6.73. The number of aromatic nitrogens is 4. The summed E-state index contributed by atoms with van der Waals surface area (Å²) in [5.74, 6) is 0.0781. The summed E-state index contributed by atoms with van der Waals surface area (Å²) in [6, 6.07) is 8.83. The highest BCUT2D eigenvalue weighted by Gasteiger charge is 2.29. The number of carbonyl (C=O) groups is 2. The predicted octanol–water partition coefficient (Wildman–Crippen LogP) is 5.15. The topological polar surface area (TPSA) is 93.3 Å². The number of anilines is 2. The van der Waals surface area contributed by atoms with Gasteiger partial charge in [0.2, 0.25) is 5.78 Å². The first-order chi connectivity index (χ1) is 17.8. The van der Waals surface area contributed by atoms with Gasteiger partial charge in [0.15, 0.2) is 5.01 Å². The Labute approximate surface area is 233 Å². The van der Waals surface area contributed by atoms with Gasteiger partial charge in [0.05, 0.1) is 23.1 Å². The van der Waals surface area contributed by atoms with Gasteiger partial charge in [-0.1, -0.05) is 32.4 Å². The molecule has 0 unspecified atom stereocenters. The van der Waals surface area contributed by atoms with Gasteiger partial charge in [-0.15, -0.1) is 22.7 Å². The van der Waals surface area contributed by atoms with Crippen LogP contribution in [0.5, 0.6) is 0 Å². The third kappa shape index (κ3) is 5.90. The zero-order valence-corrected chi connectivity index (χ0v) is 24.4. The van der Waals surface area contributed by atoms with Gasteiger partial charge in [0.1, 0.15) is 11.5 Å². The number of carbonyl (C=O) groups excluding carboxylic acids is 2. The van der Waals surface area contributed by atoms with E-state index in [1.54, 1.807) is 23.7 Å². The molecule has 0 spiro atoms. The van der Waals surface area contributed by atoms with Crippen LogP contribution in [0.25, 0.3) is 11.4 Å². The quantitative estimate of drug-likeness (QED) is 0.269. The molecule has 4 aromatic rings. The number of hydrogen-bond donors (Lipinski definition) is 0. The lowest BCUT2D eigenvalue weighted by Gasteiger charge is -2.22. The number of thiazole rings is 1. The van der Waals surface area contributed by atoms with Gasteiger partial charge < -0.3 is 9.80 Å². The third-order valence-corrected chi connectivity index (χ3v) is 7.83. The highest BCUT2D eigenvalue weighted by molar-refractivity contribution is 7.16. The molecular formula is C26H29ClN6O3S2. The summed E-state index contributed by atoms with van der Waals surface area (Å²) in [6.07, 6.45) is 1.55. The molecule has 0 aromatic carbocycles. The van der Waals surface area contributed by atoms with Crippen molar-refractivity contribution in [3.8, 4) is 11.4 Å². The minimum Gasteiger partial charge on any atom is -0.377 e. The maximum absolute atomic E-state index is 13.5. The zero-order valence-electron chi connectivity index (χ0n) is 22.1. The van der Waals surface area contributed by atoms with Crippen LogP contribution in [0.4, 0.5) is 11.5 Å². The fraction of sp³-hybridized carbons (Fsp3) is 0.346. The molecule has 38 heavy (non-hydrogen) atoms. The molecule has 0 amide bonds. The Bertz CT molecular complexity index is 1530.